The van der Waals surface area contributed by atoms with Crippen LogP contribution < -0.4 is 11.1 Å². The van der Waals surface area contributed by atoms with Crippen molar-refractivity contribution in [2.45, 2.75) is 26.3 Å². The maximum absolute atomic E-state index is 11.5. The van der Waals surface area contributed by atoms with Gasteiger partial charge in [-0.1, -0.05) is 31.2 Å². The van der Waals surface area contributed by atoms with Crippen molar-refractivity contribution in [1.29, 1.82) is 0 Å². The number of rotatable bonds is 5. The maximum Gasteiger partial charge on any atom is 0.224 e. The molecule has 1 aromatic rings. The first kappa shape index (κ1) is 11.7. The van der Waals surface area contributed by atoms with Gasteiger partial charge < -0.3 is 11.1 Å². The number of carbonyl (C=O) groups excluding carboxylic acids is 1. The van der Waals surface area contributed by atoms with E-state index in [1.807, 2.05) is 31.2 Å². The largest absolute Gasteiger partial charge is 0.356 e. The molecule has 0 saturated carbocycles. The molecule has 0 aliphatic carbocycles. The number of hydrogen-bond acceptors (Lipinski definition) is 2. The number of nitrogens with two attached hydrogens (primary N) is 1. The van der Waals surface area contributed by atoms with Crippen molar-refractivity contribution in [3.63, 3.8) is 0 Å². The number of carbonyl (C=O) groups is 1. The summed E-state index contributed by atoms with van der Waals surface area (Å²) in [6, 6.07) is 7.79. The van der Waals surface area contributed by atoms with Gasteiger partial charge >= 0.3 is 0 Å². The number of nitrogens with one attached hydrogen (secondary N) is 1. The van der Waals surface area contributed by atoms with Crippen LogP contribution in [0.3, 0.4) is 0 Å². The van der Waals surface area contributed by atoms with E-state index in [4.69, 9.17) is 5.73 Å². The first-order chi connectivity index (χ1) is 7.27. The van der Waals surface area contributed by atoms with Gasteiger partial charge in [-0.15, -0.1) is 0 Å². The van der Waals surface area contributed by atoms with Gasteiger partial charge in [-0.2, -0.15) is 0 Å². The Morgan fingerprint density at radius 3 is 2.60 bits per heavy atom. The third-order valence-corrected chi connectivity index (χ3v) is 2.26. The lowest BCUT2D eigenvalue weighted by Gasteiger charge is -2.07. The molecule has 15 heavy (non-hydrogen) atoms. The summed E-state index contributed by atoms with van der Waals surface area (Å²) in [7, 11) is 0. The fraction of sp³-hybridized carbons (Fsp3) is 0.417. The lowest BCUT2D eigenvalue weighted by atomic mass is 10.0. The average Bonchev–Trinajstić information content (AvgIpc) is 2.27. The summed E-state index contributed by atoms with van der Waals surface area (Å²) < 4.78 is 0. The van der Waals surface area contributed by atoms with Gasteiger partial charge in [0.2, 0.25) is 5.91 Å². The Kier molecular flexibility index (Phi) is 4.84. The van der Waals surface area contributed by atoms with Crippen molar-refractivity contribution < 1.29 is 4.79 Å². The molecule has 0 aromatic heterocycles. The molecule has 0 saturated heterocycles. The molecule has 0 unspecified atom stereocenters. The lowest BCUT2D eigenvalue weighted by Crippen LogP contribution is -2.26. The minimum absolute atomic E-state index is 0.0674. The zero-order chi connectivity index (χ0) is 11.1. The first-order valence-corrected chi connectivity index (χ1v) is 5.31. The van der Waals surface area contributed by atoms with Gasteiger partial charge in [0, 0.05) is 13.1 Å². The standard InChI is InChI=1S/C12H18N2O/c1-2-7-14-12(15)8-10-5-3-4-6-11(10)9-13/h3-6H,2,7-9,13H2,1H3,(H,14,15). The summed E-state index contributed by atoms with van der Waals surface area (Å²) in [4.78, 5) is 11.5. The van der Waals surface area contributed by atoms with Crippen molar-refractivity contribution in [3.05, 3.63) is 35.4 Å². The van der Waals surface area contributed by atoms with Crippen LogP contribution in [0.1, 0.15) is 24.5 Å². The van der Waals surface area contributed by atoms with Crippen LogP contribution in [0.15, 0.2) is 24.3 Å². The summed E-state index contributed by atoms with van der Waals surface area (Å²) in [6.07, 6.45) is 1.39. The van der Waals surface area contributed by atoms with Gasteiger partial charge in [0.15, 0.2) is 0 Å². The predicted octanol–water partition coefficient (Wildman–Crippen LogP) is 1.21. The topological polar surface area (TPSA) is 55.1 Å². The fourth-order valence-corrected chi connectivity index (χ4v) is 1.43. The molecular weight excluding hydrogens is 188 g/mol. The third kappa shape index (κ3) is 3.72. The molecule has 3 N–H and O–H groups in total. The zero-order valence-electron chi connectivity index (χ0n) is 9.12. The summed E-state index contributed by atoms with van der Waals surface area (Å²) in [5, 5.41) is 2.85. The highest BCUT2D eigenvalue weighted by Gasteiger charge is 2.05. The van der Waals surface area contributed by atoms with E-state index >= 15 is 0 Å². The van der Waals surface area contributed by atoms with Crippen LogP contribution in [0.25, 0.3) is 0 Å². The Morgan fingerprint density at radius 1 is 1.33 bits per heavy atom. The highest BCUT2D eigenvalue weighted by molar-refractivity contribution is 5.78. The molecule has 82 valence electrons. The minimum Gasteiger partial charge on any atom is -0.356 e. The summed E-state index contributed by atoms with van der Waals surface area (Å²) in [5.41, 5.74) is 7.66. The van der Waals surface area contributed by atoms with Gasteiger partial charge in [0.25, 0.3) is 0 Å². The zero-order valence-corrected chi connectivity index (χ0v) is 9.12. The quantitative estimate of drug-likeness (QED) is 0.761. The van der Waals surface area contributed by atoms with Crippen molar-refractivity contribution >= 4 is 5.91 Å². The molecule has 1 aromatic carbocycles. The van der Waals surface area contributed by atoms with E-state index in [9.17, 15) is 4.79 Å². The Bertz CT molecular complexity index is 323. The van der Waals surface area contributed by atoms with Gasteiger partial charge in [-0.25, -0.2) is 0 Å². The molecular formula is C12H18N2O. The van der Waals surface area contributed by atoms with E-state index in [0.717, 1.165) is 24.1 Å². The van der Waals surface area contributed by atoms with E-state index in [1.54, 1.807) is 0 Å². The first-order valence-electron chi connectivity index (χ1n) is 5.31. The van der Waals surface area contributed by atoms with Crippen molar-refractivity contribution in [3.8, 4) is 0 Å². The third-order valence-electron chi connectivity index (χ3n) is 2.26. The minimum atomic E-state index is 0.0674. The molecule has 0 bridgehead atoms. The van der Waals surface area contributed by atoms with E-state index in [2.05, 4.69) is 5.32 Å². The summed E-state index contributed by atoms with van der Waals surface area (Å²) >= 11 is 0. The van der Waals surface area contributed by atoms with Gasteiger partial charge in [0.05, 0.1) is 6.42 Å². The van der Waals surface area contributed by atoms with Gasteiger partial charge in [-0.3, -0.25) is 4.79 Å². The summed E-state index contributed by atoms with van der Waals surface area (Å²) in [5.74, 6) is 0.0674. The molecule has 3 nitrogen and oxygen atoms in total. The Morgan fingerprint density at radius 2 is 2.00 bits per heavy atom. The van der Waals surface area contributed by atoms with Crippen LogP contribution in [-0.4, -0.2) is 12.5 Å². The predicted molar refractivity (Wildman–Crippen MR) is 61.3 cm³/mol. The summed E-state index contributed by atoms with van der Waals surface area (Å²) in [6.45, 7) is 3.26. The maximum atomic E-state index is 11.5. The smallest absolute Gasteiger partial charge is 0.224 e. The van der Waals surface area contributed by atoms with Crippen molar-refractivity contribution in [2.24, 2.45) is 5.73 Å². The molecule has 0 radical (unpaired) electrons. The Hall–Kier alpha value is -1.35. The highest BCUT2D eigenvalue weighted by atomic mass is 16.1. The van der Waals surface area contributed by atoms with Crippen molar-refractivity contribution in [2.75, 3.05) is 6.54 Å². The van der Waals surface area contributed by atoms with Gasteiger partial charge in [0.1, 0.15) is 0 Å². The van der Waals surface area contributed by atoms with Crippen LogP contribution in [0, 0.1) is 0 Å². The molecule has 1 amide bonds. The average molecular weight is 206 g/mol. The number of hydrogen-bond donors (Lipinski definition) is 2. The second kappa shape index (κ2) is 6.19. The van der Waals surface area contributed by atoms with Crippen molar-refractivity contribution in [1.82, 2.24) is 5.32 Å². The highest BCUT2D eigenvalue weighted by Crippen LogP contribution is 2.08. The number of benzene rings is 1. The molecule has 3 heteroatoms. The monoisotopic (exact) mass is 206 g/mol. The molecule has 0 spiro atoms. The van der Waals surface area contributed by atoms with E-state index in [-0.39, 0.29) is 5.91 Å². The second-order valence-corrected chi connectivity index (χ2v) is 3.50. The van der Waals surface area contributed by atoms with Crippen LogP contribution in [0.2, 0.25) is 0 Å². The molecule has 1 rings (SSSR count). The Balaban J connectivity index is 2.59. The van der Waals surface area contributed by atoms with E-state index in [1.165, 1.54) is 0 Å². The molecule has 0 aliphatic heterocycles. The normalized spacial score (nSPS) is 10.0. The fourth-order valence-electron chi connectivity index (χ4n) is 1.43. The molecule has 0 fully saturated rings. The molecule has 0 heterocycles. The van der Waals surface area contributed by atoms with Crippen LogP contribution in [0.5, 0.6) is 0 Å². The Labute approximate surface area is 90.7 Å². The lowest BCUT2D eigenvalue weighted by molar-refractivity contribution is -0.120. The molecule has 0 atom stereocenters. The van der Waals surface area contributed by atoms with E-state index in [0.29, 0.717) is 13.0 Å². The second-order valence-electron chi connectivity index (χ2n) is 3.50. The van der Waals surface area contributed by atoms with E-state index < -0.39 is 0 Å². The SMILES string of the molecule is CCCNC(=O)Cc1ccccc1CN. The number of amides is 1. The molecule has 0 aliphatic rings. The van der Waals surface area contributed by atoms with Gasteiger partial charge in [-0.05, 0) is 17.5 Å². The van der Waals surface area contributed by atoms with Crippen LogP contribution >= 0.6 is 0 Å². The van der Waals surface area contributed by atoms with Crippen LogP contribution in [0.4, 0.5) is 0 Å². The van der Waals surface area contributed by atoms with Crippen LogP contribution in [-0.2, 0) is 17.8 Å².